The van der Waals surface area contributed by atoms with Crippen LogP contribution in [0.5, 0.6) is 0 Å². The smallest absolute Gasteiger partial charge is 0.289 e. The van der Waals surface area contributed by atoms with Gasteiger partial charge in [-0.2, -0.15) is 0 Å². The van der Waals surface area contributed by atoms with Gasteiger partial charge in [0.25, 0.3) is 5.91 Å². The third-order valence-corrected chi connectivity index (χ3v) is 12.9. The second-order valence-corrected chi connectivity index (χ2v) is 16.3. The Kier molecular flexibility index (Phi) is 9.52. The van der Waals surface area contributed by atoms with E-state index in [9.17, 15) is 27.6 Å². The molecule has 3 atom stereocenters. The van der Waals surface area contributed by atoms with Gasteiger partial charge in [0, 0.05) is 17.6 Å². The zero-order valence-electron chi connectivity index (χ0n) is 25.6. The van der Waals surface area contributed by atoms with Crippen LogP contribution in [0.1, 0.15) is 76.2 Å². The molecule has 1 heterocycles. The van der Waals surface area contributed by atoms with Gasteiger partial charge < -0.3 is 15.5 Å². The summed E-state index contributed by atoms with van der Waals surface area (Å²) in [5.74, 6) is -2.23. The van der Waals surface area contributed by atoms with E-state index in [1.807, 2.05) is 0 Å². The lowest BCUT2D eigenvalue weighted by Crippen LogP contribution is -2.55. The highest BCUT2D eigenvalue weighted by molar-refractivity contribution is 7.92. The molecule has 2 N–H and O–H groups in total. The van der Waals surface area contributed by atoms with Gasteiger partial charge in [-0.05, 0) is 74.3 Å². The van der Waals surface area contributed by atoms with E-state index >= 15 is 0 Å². The van der Waals surface area contributed by atoms with Crippen LogP contribution in [0.4, 0.5) is 0 Å². The zero-order valence-corrected chi connectivity index (χ0v) is 27.9. The van der Waals surface area contributed by atoms with Crippen LogP contribution >= 0.6 is 23.2 Å². The minimum absolute atomic E-state index is 0.0243. The molecule has 3 aliphatic carbocycles. The van der Waals surface area contributed by atoms with Gasteiger partial charge in [0.05, 0.1) is 26.6 Å². The lowest BCUT2D eigenvalue weighted by Gasteiger charge is -2.31. The van der Waals surface area contributed by atoms with Crippen LogP contribution in [0.15, 0.2) is 53.4 Å². The monoisotopic (exact) mass is 687 g/mol. The van der Waals surface area contributed by atoms with Gasteiger partial charge in [-0.1, -0.05) is 79.6 Å². The van der Waals surface area contributed by atoms with Crippen molar-refractivity contribution in [3.8, 4) is 0 Å². The average molecular weight is 689 g/mol. The van der Waals surface area contributed by atoms with Crippen LogP contribution in [0, 0.1) is 5.92 Å². The number of likely N-dealkylation sites (tertiary alicyclic amines) is 1. The van der Waals surface area contributed by atoms with Crippen molar-refractivity contribution in [2.75, 3.05) is 6.54 Å². The number of nitrogens with one attached hydrogen (secondary N) is 2. The topological polar surface area (TPSA) is 130 Å². The number of nitrogens with zero attached hydrogens (tertiary/aromatic N) is 1. The maximum atomic E-state index is 14.3. The van der Waals surface area contributed by atoms with Crippen molar-refractivity contribution in [2.45, 2.75) is 104 Å². The molecule has 0 aromatic heterocycles. The predicted octanol–water partition coefficient (Wildman–Crippen LogP) is 4.77. The van der Waals surface area contributed by atoms with Crippen LogP contribution < -0.4 is 10.6 Å². The highest BCUT2D eigenvalue weighted by Gasteiger charge is 2.57. The molecule has 9 nitrogen and oxygen atoms in total. The largest absolute Gasteiger partial charge is 0.347 e. The Morgan fingerprint density at radius 1 is 0.913 bits per heavy atom. The van der Waals surface area contributed by atoms with Gasteiger partial charge in [0.15, 0.2) is 9.84 Å². The van der Waals surface area contributed by atoms with E-state index < -0.39 is 50.2 Å². The number of halogens is 2. The van der Waals surface area contributed by atoms with Gasteiger partial charge in [0.2, 0.25) is 17.6 Å². The number of hydrogen-bond donors (Lipinski definition) is 2. The molecule has 4 aliphatic rings. The van der Waals surface area contributed by atoms with Gasteiger partial charge in [-0.25, -0.2) is 8.42 Å². The summed E-state index contributed by atoms with van der Waals surface area (Å²) in [6.45, 7) is -0.205. The van der Waals surface area contributed by atoms with Crippen molar-refractivity contribution in [1.29, 1.82) is 0 Å². The maximum Gasteiger partial charge on any atom is 0.289 e. The van der Waals surface area contributed by atoms with Gasteiger partial charge in [-0.3, -0.25) is 19.2 Å². The Morgan fingerprint density at radius 2 is 1.59 bits per heavy atom. The van der Waals surface area contributed by atoms with Crippen LogP contribution in [0.25, 0.3) is 0 Å². The van der Waals surface area contributed by atoms with Crippen molar-refractivity contribution in [3.05, 3.63) is 64.1 Å². The molecule has 0 radical (unpaired) electrons. The van der Waals surface area contributed by atoms with E-state index in [-0.39, 0.29) is 40.8 Å². The zero-order chi connectivity index (χ0) is 32.6. The van der Waals surface area contributed by atoms with Crippen molar-refractivity contribution < 1.29 is 27.6 Å². The van der Waals surface area contributed by atoms with E-state index in [0.717, 1.165) is 50.5 Å². The molecule has 1 saturated heterocycles. The van der Waals surface area contributed by atoms with Crippen molar-refractivity contribution in [1.82, 2.24) is 15.5 Å². The van der Waals surface area contributed by atoms with Gasteiger partial charge in [-0.15, -0.1) is 0 Å². The number of ketones is 1. The Bertz CT molecular complexity index is 1620. The Balaban J connectivity index is 1.29. The van der Waals surface area contributed by atoms with E-state index in [2.05, 4.69) is 10.6 Å². The average Bonchev–Trinajstić information content (AvgIpc) is 3.98. The fourth-order valence-corrected chi connectivity index (χ4v) is 9.39. The van der Waals surface area contributed by atoms with E-state index in [0.29, 0.717) is 24.3 Å². The molecule has 4 fully saturated rings. The first-order valence-electron chi connectivity index (χ1n) is 16.2. The lowest BCUT2D eigenvalue weighted by atomic mass is 9.83. The third-order valence-electron chi connectivity index (χ3n) is 10.0. The number of carbonyl (C=O) groups is 4. The number of amides is 3. The number of carbonyl (C=O) groups excluding carboxylic acids is 4. The molecule has 1 unspecified atom stereocenters. The van der Waals surface area contributed by atoms with E-state index in [1.54, 1.807) is 36.4 Å². The minimum atomic E-state index is -4.04. The third kappa shape index (κ3) is 6.85. The first-order chi connectivity index (χ1) is 22.0. The van der Waals surface area contributed by atoms with Crippen molar-refractivity contribution >= 4 is 56.5 Å². The molecule has 3 saturated carbocycles. The molecule has 246 valence electrons. The standard InChI is InChI=1S/C34H39Cl2N3O6S/c35-23-12-10-22(11-13-23)34(16-17-34)33(43)39-20-25(46(44,45)29-9-5-4-8-26(29)36)19-28(39)31(41)38-27(18-21-6-2-1-3-7-21)30(40)32(42)37-24-14-15-24/h4-5,8-13,21,24-25,27-28H,1-3,6-7,14-20H2,(H,37,42)(H,38,41)/t25-,27?,28+/m1/s1. The normalized spacial score (nSPS) is 23.4. The summed E-state index contributed by atoms with van der Waals surface area (Å²) in [4.78, 5) is 56.1. The molecule has 3 amide bonds. The molecule has 2 aromatic carbocycles. The molecule has 1 aliphatic heterocycles. The van der Waals surface area contributed by atoms with Gasteiger partial charge in [0.1, 0.15) is 6.04 Å². The molecular weight excluding hydrogens is 649 g/mol. The molecule has 46 heavy (non-hydrogen) atoms. The first-order valence-corrected chi connectivity index (χ1v) is 18.5. The number of benzene rings is 2. The number of rotatable bonds is 11. The van der Waals surface area contributed by atoms with Crippen LogP contribution in [0.3, 0.4) is 0 Å². The van der Waals surface area contributed by atoms with Crippen molar-refractivity contribution in [2.24, 2.45) is 5.92 Å². The predicted molar refractivity (Wildman–Crippen MR) is 174 cm³/mol. The Hall–Kier alpha value is -2.95. The summed E-state index contributed by atoms with van der Waals surface area (Å²) >= 11 is 12.4. The molecule has 2 aromatic rings. The van der Waals surface area contributed by atoms with Crippen LogP contribution in [0.2, 0.25) is 10.0 Å². The highest BCUT2D eigenvalue weighted by atomic mass is 35.5. The molecule has 0 spiro atoms. The number of hydrogen-bond acceptors (Lipinski definition) is 6. The Labute approximate surface area is 279 Å². The summed E-state index contributed by atoms with van der Waals surface area (Å²) in [5, 5.41) is 5.05. The number of sulfone groups is 1. The molecule has 6 rings (SSSR count). The van der Waals surface area contributed by atoms with Crippen LogP contribution in [-0.2, 0) is 34.4 Å². The maximum absolute atomic E-state index is 14.3. The SMILES string of the molecule is O=C(NC1CC1)C(=O)C(CC1CCCCC1)NC(=O)[C@@H]1C[C@@H](S(=O)(=O)c2ccccc2Cl)CN1C(=O)C1(c2ccc(Cl)cc2)CC1. The second-order valence-electron chi connectivity index (χ2n) is 13.3. The highest BCUT2D eigenvalue weighted by Crippen LogP contribution is 2.51. The van der Waals surface area contributed by atoms with E-state index in [4.69, 9.17) is 23.2 Å². The molecule has 12 heteroatoms. The van der Waals surface area contributed by atoms with Crippen LogP contribution in [-0.4, -0.2) is 66.7 Å². The summed E-state index contributed by atoms with van der Waals surface area (Å²) < 4.78 is 27.8. The summed E-state index contributed by atoms with van der Waals surface area (Å²) in [6.07, 6.45) is 7.83. The summed E-state index contributed by atoms with van der Waals surface area (Å²) in [5.41, 5.74) is -0.145. The van der Waals surface area contributed by atoms with E-state index in [1.165, 1.54) is 17.0 Å². The Morgan fingerprint density at radius 3 is 2.22 bits per heavy atom. The quantitative estimate of drug-likeness (QED) is 0.328. The minimum Gasteiger partial charge on any atom is -0.347 e. The molecular formula is C34H39Cl2N3O6S. The van der Waals surface area contributed by atoms with Gasteiger partial charge >= 0.3 is 0 Å². The second kappa shape index (κ2) is 13.3. The summed E-state index contributed by atoms with van der Waals surface area (Å²) in [6, 6.07) is 10.8. The summed E-state index contributed by atoms with van der Waals surface area (Å²) in [7, 11) is -4.04. The lowest BCUT2D eigenvalue weighted by molar-refractivity contribution is -0.143. The number of Topliss-reactive ketones (excluding diaryl/α,β-unsaturated/α-hetero) is 1. The fraction of sp³-hybridized carbons (Fsp3) is 0.529. The fourth-order valence-electron chi connectivity index (χ4n) is 7.04. The van der Waals surface area contributed by atoms with Crippen molar-refractivity contribution in [3.63, 3.8) is 0 Å². The molecule has 0 bridgehead atoms. The first kappa shape index (κ1) is 33.0.